The van der Waals surface area contributed by atoms with Gasteiger partial charge in [-0.2, -0.15) is 0 Å². The van der Waals surface area contributed by atoms with Crippen molar-refractivity contribution in [3.05, 3.63) is 24.3 Å². The molecule has 4 nitrogen and oxygen atoms in total. The molecule has 0 saturated carbocycles. The van der Waals surface area contributed by atoms with Crippen LogP contribution in [0.1, 0.15) is 6.42 Å². The molecule has 0 bridgehead atoms. The lowest BCUT2D eigenvalue weighted by Gasteiger charge is -2.08. The van der Waals surface area contributed by atoms with Gasteiger partial charge in [-0.1, -0.05) is 0 Å². The molecule has 1 fully saturated rings. The van der Waals surface area contributed by atoms with Crippen LogP contribution < -0.4 is 10.6 Å². The second-order valence-corrected chi connectivity index (χ2v) is 5.89. The van der Waals surface area contributed by atoms with Gasteiger partial charge in [-0.05, 0) is 30.5 Å². The molecule has 96 valence electrons. The van der Waals surface area contributed by atoms with Crippen molar-refractivity contribution in [2.45, 2.75) is 16.6 Å². The Balaban J connectivity index is 1.88. The largest absolute Gasteiger partial charge is 0.346 e. The highest BCUT2D eigenvalue weighted by atomic mass is 32.2. The number of hydrogen-bond acceptors (Lipinski definition) is 4. The highest BCUT2D eigenvalue weighted by Gasteiger charge is 2.27. The molecule has 1 aliphatic rings. The van der Waals surface area contributed by atoms with Gasteiger partial charge in [0.05, 0.1) is 11.1 Å². The van der Waals surface area contributed by atoms with Crippen LogP contribution in [0.5, 0.6) is 0 Å². The van der Waals surface area contributed by atoms with Crippen molar-refractivity contribution in [1.29, 1.82) is 0 Å². The Hall–Kier alpha value is -1.14. The third-order valence-electron chi connectivity index (χ3n) is 2.57. The predicted octanol–water partition coefficient (Wildman–Crippen LogP) is 1.93. The Bertz CT molecular complexity index is 448. The molecule has 18 heavy (non-hydrogen) atoms. The molecule has 2 N–H and O–H groups in total. The van der Waals surface area contributed by atoms with Gasteiger partial charge in [0.1, 0.15) is 0 Å². The van der Waals surface area contributed by atoms with Gasteiger partial charge in [-0.3, -0.25) is 9.59 Å². The summed E-state index contributed by atoms with van der Waals surface area (Å²) in [6, 6.07) is 7.64. The number of benzene rings is 1. The molecule has 1 aliphatic heterocycles. The minimum atomic E-state index is -0.254. The minimum absolute atomic E-state index is 0.0483. The second-order valence-electron chi connectivity index (χ2n) is 3.82. The van der Waals surface area contributed by atoms with E-state index in [4.69, 9.17) is 0 Å². The first kappa shape index (κ1) is 13.3. The third-order valence-corrected chi connectivity index (χ3v) is 4.41. The normalized spacial score (nSPS) is 18.5. The van der Waals surface area contributed by atoms with Crippen LogP contribution in [-0.4, -0.2) is 29.2 Å². The third kappa shape index (κ3) is 3.43. The number of carbonyl (C=O) groups excluding carboxylic acids is 2. The van der Waals surface area contributed by atoms with Crippen molar-refractivity contribution >= 4 is 41.0 Å². The van der Waals surface area contributed by atoms with Crippen LogP contribution in [0, 0.1) is 0 Å². The van der Waals surface area contributed by atoms with E-state index in [1.807, 2.05) is 30.5 Å². The molecule has 1 unspecified atom stereocenters. The first-order valence-electron chi connectivity index (χ1n) is 5.52. The average Bonchev–Trinajstić information content (AvgIpc) is 2.76. The maximum atomic E-state index is 11.8. The zero-order valence-corrected chi connectivity index (χ0v) is 11.6. The Morgan fingerprint density at radius 3 is 2.78 bits per heavy atom. The molecule has 1 atom stereocenters. The molecule has 1 aromatic carbocycles. The first-order chi connectivity index (χ1) is 8.69. The predicted molar refractivity (Wildman–Crippen MR) is 75.9 cm³/mol. The second kappa shape index (κ2) is 6.15. The zero-order valence-electron chi connectivity index (χ0n) is 9.93. The quantitative estimate of drug-likeness (QED) is 0.829. The fourth-order valence-corrected chi connectivity index (χ4v) is 2.95. The minimum Gasteiger partial charge on any atom is -0.346 e. The van der Waals surface area contributed by atoms with E-state index in [1.54, 1.807) is 11.8 Å². The van der Waals surface area contributed by atoms with Crippen LogP contribution in [-0.2, 0) is 9.59 Å². The lowest BCUT2D eigenvalue weighted by molar-refractivity contribution is -0.123. The number of hydrogen-bond donors (Lipinski definition) is 2. The summed E-state index contributed by atoms with van der Waals surface area (Å²) in [6.45, 7) is 0. The van der Waals surface area contributed by atoms with E-state index >= 15 is 0 Å². The van der Waals surface area contributed by atoms with Gasteiger partial charge in [0.25, 0.3) is 0 Å². The first-order valence-corrected chi connectivity index (χ1v) is 7.79. The van der Waals surface area contributed by atoms with Gasteiger partial charge in [0, 0.05) is 17.0 Å². The van der Waals surface area contributed by atoms with Crippen LogP contribution in [0.15, 0.2) is 29.2 Å². The fourth-order valence-electron chi connectivity index (χ4n) is 1.61. The van der Waals surface area contributed by atoms with Crippen LogP contribution >= 0.6 is 23.5 Å². The van der Waals surface area contributed by atoms with E-state index in [0.29, 0.717) is 5.88 Å². The molecule has 1 heterocycles. The summed E-state index contributed by atoms with van der Waals surface area (Å²) >= 11 is 3.12. The Labute approximate surface area is 114 Å². The van der Waals surface area contributed by atoms with Crippen molar-refractivity contribution in [2.24, 2.45) is 0 Å². The highest BCUT2D eigenvalue weighted by Crippen LogP contribution is 2.21. The van der Waals surface area contributed by atoms with Crippen molar-refractivity contribution in [3.63, 3.8) is 0 Å². The molecule has 1 aromatic rings. The maximum absolute atomic E-state index is 11.8. The summed E-state index contributed by atoms with van der Waals surface area (Å²) < 4.78 is 0. The number of thioether (sulfide) groups is 2. The van der Waals surface area contributed by atoms with E-state index in [0.717, 1.165) is 10.6 Å². The topological polar surface area (TPSA) is 58.2 Å². The monoisotopic (exact) mass is 282 g/mol. The fraction of sp³-hybridized carbons (Fsp3) is 0.333. The van der Waals surface area contributed by atoms with Gasteiger partial charge in [0.15, 0.2) is 0 Å². The molecule has 0 spiro atoms. The number of anilines is 1. The standard InChI is InChI=1S/C12H14N2O2S2/c1-17-9-4-2-8(3-5-9)14-11(15)6-10-12(16)13-7-18-10/h2-5,10H,6-7H2,1H3,(H,13,16)(H,14,15). The van der Waals surface area contributed by atoms with E-state index in [1.165, 1.54) is 11.8 Å². The molecule has 0 aliphatic carbocycles. The molecule has 2 rings (SSSR count). The average molecular weight is 282 g/mol. The molecule has 0 aromatic heterocycles. The molecular formula is C12H14N2O2S2. The van der Waals surface area contributed by atoms with Gasteiger partial charge >= 0.3 is 0 Å². The number of amides is 2. The van der Waals surface area contributed by atoms with E-state index in [9.17, 15) is 9.59 Å². The van der Waals surface area contributed by atoms with Gasteiger partial charge in [-0.15, -0.1) is 23.5 Å². The van der Waals surface area contributed by atoms with Crippen LogP contribution in [0.25, 0.3) is 0 Å². The van der Waals surface area contributed by atoms with Crippen molar-refractivity contribution in [2.75, 3.05) is 17.4 Å². The molecule has 6 heteroatoms. The lowest BCUT2D eigenvalue weighted by atomic mass is 10.2. The summed E-state index contributed by atoms with van der Waals surface area (Å²) in [4.78, 5) is 24.2. The number of nitrogens with one attached hydrogen (secondary N) is 2. The van der Waals surface area contributed by atoms with E-state index in [2.05, 4.69) is 10.6 Å². The summed E-state index contributed by atoms with van der Waals surface area (Å²) in [6.07, 6.45) is 2.23. The molecule has 0 radical (unpaired) electrons. The Morgan fingerprint density at radius 1 is 1.50 bits per heavy atom. The van der Waals surface area contributed by atoms with Crippen LogP contribution in [0.2, 0.25) is 0 Å². The van der Waals surface area contributed by atoms with E-state index in [-0.39, 0.29) is 23.5 Å². The Kier molecular flexibility index (Phi) is 4.54. The van der Waals surface area contributed by atoms with Gasteiger partial charge in [0.2, 0.25) is 11.8 Å². The molecule has 2 amide bonds. The van der Waals surface area contributed by atoms with E-state index < -0.39 is 0 Å². The van der Waals surface area contributed by atoms with Crippen molar-refractivity contribution < 1.29 is 9.59 Å². The zero-order chi connectivity index (χ0) is 13.0. The van der Waals surface area contributed by atoms with Gasteiger partial charge in [-0.25, -0.2) is 0 Å². The van der Waals surface area contributed by atoms with Crippen molar-refractivity contribution in [1.82, 2.24) is 5.32 Å². The summed E-state index contributed by atoms with van der Waals surface area (Å²) in [5.74, 6) is 0.425. The highest BCUT2D eigenvalue weighted by molar-refractivity contribution is 8.01. The lowest BCUT2D eigenvalue weighted by Crippen LogP contribution is -2.26. The summed E-state index contributed by atoms with van der Waals surface area (Å²) in [5.41, 5.74) is 0.765. The summed E-state index contributed by atoms with van der Waals surface area (Å²) in [7, 11) is 0. The summed E-state index contributed by atoms with van der Waals surface area (Å²) in [5, 5.41) is 5.24. The van der Waals surface area contributed by atoms with Crippen LogP contribution in [0.3, 0.4) is 0 Å². The Morgan fingerprint density at radius 2 is 2.22 bits per heavy atom. The maximum Gasteiger partial charge on any atom is 0.234 e. The molecule has 1 saturated heterocycles. The molecular weight excluding hydrogens is 268 g/mol. The number of carbonyl (C=O) groups is 2. The SMILES string of the molecule is CSc1ccc(NC(=O)CC2SCNC2=O)cc1. The van der Waals surface area contributed by atoms with Crippen LogP contribution in [0.4, 0.5) is 5.69 Å². The van der Waals surface area contributed by atoms with Crippen molar-refractivity contribution in [3.8, 4) is 0 Å². The van der Waals surface area contributed by atoms with Gasteiger partial charge < -0.3 is 10.6 Å². The number of rotatable bonds is 4. The smallest absolute Gasteiger partial charge is 0.234 e.